The van der Waals surface area contributed by atoms with Crippen LogP contribution in [0, 0.1) is 5.41 Å². The lowest BCUT2D eigenvalue weighted by atomic mass is 9.74. The lowest BCUT2D eigenvalue weighted by Gasteiger charge is -2.50. The van der Waals surface area contributed by atoms with Crippen LogP contribution in [0.5, 0.6) is 0 Å². The highest BCUT2D eigenvalue weighted by atomic mass is 32.1. The maximum Gasteiger partial charge on any atom is 0.357 e. The maximum atomic E-state index is 13.1. The Balaban J connectivity index is 2.15. The van der Waals surface area contributed by atoms with E-state index in [-0.39, 0.29) is 12.1 Å². The topological polar surface area (TPSA) is 261 Å². The van der Waals surface area contributed by atoms with E-state index in [1.54, 1.807) is 0 Å². The summed E-state index contributed by atoms with van der Waals surface area (Å²) in [6.45, 7) is 3.31. The first-order valence-electron chi connectivity index (χ1n) is 13.6. The molecule has 0 aromatic rings. The largest absolute Gasteiger partial charge is 0.508 e. The van der Waals surface area contributed by atoms with Crippen molar-refractivity contribution in [2.45, 2.75) is 94.3 Å². The normalized spacial score (nSPS) is 35.8. The van der Waals surface area contributed by atoms with Crippen molar-refractivity contribution in [3.8, 4) is 0 Å². The molecule has 17 nitrogen and oxygen atoms in total. The molecule has 0 spiro atoms. The quantitative estimate of drug-likeness (QED) is 0.0720. The number of aliphatic hydroxyl groups is 4. The average molecular weight is 659 g/mol. The number of nitrogens with zero attached hydrogens (tertiary/aromatic N) is 1. The van der Waals surface area contributed by atoms with E-state index in [0.717, 1.165) is 6.92 Å². The van der Waals surface area contributed by atoms with Crippen LogP contribution in [0.1, 0.15) is 33.6 Å². The summed E-state index contributed by atoms with van der Waals surface area (Å²) in [4.78, 5) is 52.9. The van der Waals surface area contributed by atoms with Crippen LogP contribution in [0.3, 0.4) is 0 Å². The Labute approximate surface area is 261 Å². The van der Waals surface area contributed by atoms with E-state index in [1.165, 1.54) is 27.0 Å². The molecule has 3 rings (SSSR count). The molecule has 18 heteroatoms. The number of carbonyl (C=O) groups is 4. The molecule has 0 amide bonds. The second-order valence-electron chi connectivity index (χ2n) is 10.4. The van der Waals surface area contributed by atoms with E-state index in [0.29, 0.717) is 0 Å². The zero-order valence-electron chi connectivity index (χ0n) is 24.6. The summed E-state index contributed by atoms with van der Waals surface area (Å²) in [6.07, 6.45) is -13.3. The van der Waals surface area contributed by atoms with Crippen LogP contribution in [0.4, 0.5) is 0 Å². The number of methoxy groups -OCH3 is 1. The number of thiocarbonyl (C=S) groups is 1. The van der Waals surface area contributed by atoms with Crippen molar-refractivity contribution in [1.82, 2.24) is 0 Å². The van der Waals surface area contributed by atoms with E-state index in [1.807, 2.05) is 5.16 Å². The van der Waals surface area contributed by atoms with Gasteiger partial charge in [0.15, 0.2) is 29.5 Å². The number of allylic oxidation sites excluding steroid dienone is 1. The third-order valence-electron chi connectivity index (χ3n) is 7.56. The molecule has 248 valence electrons. The summed E-state index contributed by atoms with van der Waals surface area (Å²) in [5.74, 6) is -6.42. The Morgan fingerprint density at radius 1 is 1.22 bits per heavy atom. The first-order valence-corrected chi connectivity index (χ1v) is 14.0. The van der Waals surface area contributed by atoms with Gasteiger partial charge in [-0.1, -0.05) is 6.08 Å². The van der Waals surface area contributed by atoms with E-state index in [2.05, 4.69) is 17.2 Å². The third-order valence-corrected chi connectivity index (χ3v) is 7.65. The predicted octanol–water partition coefficient (Wildman–Crippen LogP) is -0.887. The number of ether oxygens (including phenoxy) is 6. The Morgan fingerprint density at radius 3 is 2.44 bits per heavy atom. The molecule has 0 aromatic carbocycles. The first-order chi connectivity index (χ1) is 21.1. The van der Waals surface area contributed by atoms with Crippen LogP contribution < -0.4 is 0 Å². The van der Waals surface area contributed by atoms with Crippen LogP contribution >= 0.6 is 12.2 Å². The van der Waals surface area contributed by atoms with Crippen LogP contribution in [-0.4, -0.2) is 135 Å². The van der Waals surface area contributed by atoms with Crippen LogP contribution in [-0.2, 0) is 47.6 Å². The molecule has 6 N–H and O–H groups in total. The van der Waals surface area contributed by atoms with Crippen molar-refractivity contribution >= 4 is 46.8 Å². The number of ketones is 1. The number of isothiocyanates is 1. The summed E-state index contributed by atoms with van der Waals surface area (Å²) in [5, 5.41) is 63.9. The average Bonchev–Trinajstić information content (AvgIpc) is 2.97. The first kappa shape index (κ1) is 36.0. The summed E-state index contributed by atoms with van der Waals surface area (Å²) in [5.41, 5.74) is -5.61. The van der Waals surface area contributed by atoms with Crippen molar-refractivity contribution < 1.29 is 73.1 Å². The Hall–Kier alpha value is -3.45. The fourth-order valence-electron chi connectivity index (χ4n) is 5.26. The lowest BCUT2D eigenvalue weighted by Crippen LogP contribution is -2.69. The highest BCUT2D eigenvalue weighted by Crippen LogP contribution is 2.41. The standard InChI is InChI=1S/C27H34N2O15S/c1-5-12(29-9-45)26(37)44-21-15(8-40-11(3)30)42-24(27(38)7-13(31)18(28)17(23(27)34)25(35)36)20(33)22(21)43-16-6-14(39-4)19(32)10(2)41-16/h5,10,14-16,19-22,24,28,32-34,38H,6-8H2,1-4H3,(H,35,36)/b12-5-,28-18?. The van der Waals surface area contributed by atoms with Crippen molar-refractivity contribution in [3.05, 3.63) is 23.1 Å². The van der Waals surface area contributed by atoms with Gasteiger partial charge in [-0.2, -0.15) is 4.99 Å². The smallest absolute Gasteiger partial charge is 0.357 e. The molecule has 2 aliphatic heterocycles. The second kappa shape index (κ2) is 14.8. The zero-order chi connectivity index (χ0) is 33.8. The van der Waals surface area contributed by atoms with Gasteiger partial charge in [-0.3, -0.25) is 15.0 Å². The van der Waals surface area contributed by atoms with Crippen molar-refractivity contribution in [2.24, 2.45) is 4.99 Å². The molecule has 10 unspecified atom stereocenters. The monoisotopic (exact) mass is 658 g/mol. The van der Waals surface area contributed by atoms with Gasteiger partial charge in [0.25, 0.3) is 0 Å². The zero-order valence-corrected chi connectivity index (χ0v) is 25.4. The minimum absolute atomic E-state index is 0.115. The number of carboxylic acid groups (broad SMARTS) is 1. The number of aliphatic imine (C=N–C) groups is 1. The number of nitrogens with one attached hydrogen (secondary N) is 1. The van der Waals surface area contributed by atoms with E-state index in [4.69, 9.17) is 33.8 Å². The van der Waals surface area contributed by atoms with E-state index >= 15 is 0 Å². The minimum atomic E-state index is -2.96. The van der Waals surface area contributed by atoms with Gasteiger partial charge in [0.2, 0.25) is 0 Å². The molecule has 45 heavy (non-hydrogen) atoms. The molecule has 2 heterocycles. The Kier molecular flexibility index (Phi) is 11.8. The highest BCUT2D eigenvalue weighted by Gasteiger charge is 2.61. The number of aliphatic carboxylic acids is 1. The Bertz CT molecular complexity index is 1330. The molecule has 10 atom stereocenters. The molecular formula is C27H34N2O15S. The Morgan fingerprint density at radius 2 is 1.89 bits per heavy atom. The van der Waals surface area contributed by atoms with Crippen molar-refractivity contribution in [1.29, 1.82) is 5.41 Å². The van der Waals surface area contributed by atoms with Crippen LogP contribution in [0.25, 0.3) is 0 Å². The molecule has 0 aromatic heterocycles. The summed E-state index contributed by atoms with van der Waals surface area (Å²) in [7, 11) is 1.33. The molecule has 0 saturated carbocycles. The molecule has 0 radical (unpaired) electrons. The number of esters is 2. The van der Waals surface area contributed by atoms with Crippen LogP contribution in [0.15, 0.2) is 28.1 Å². The fourth-order valence-corrected chi connectivity index (χ4v) is 5.35. The van der Waals surface area contributed by atoms with E-state index < -0.39 is 114 Å². The second-order valence-corrected chi connectivity index (χ2v) is 10.6. The number of hydrogen-bond donors (Lipinski definition) is 6. The minimum Gasteiger partial charge on any atom is -0.508 e. The van der Waals surface area contributed by atoms with Crippen molar-refractivity contribution in [2.75, 3.05) is 13.7 Å². The lowest BCUT2D eigenvalue weighted by molar-refractivity contribution is -0.325. The van der Waals surface area contributed by atoms with Gasteiger partial charge < -0.3 is 54.0 Å². The fraction of sp³-hybridized carbons (Fsp3) is 0.630. The SMILES string of the molecule is C/C=C(\N=C=S)C(=O)OC1C(COC(C)=O)OC(C2(O)CC(=O)C(=N)C(C(=O)O)=C2O)C(O)C1OC1CC(OC)C(O)C(C)O1. The molecule has 1 aliphatic carbocycles. The number of aliphatic hydroxyl groups excluding tert-OH is 3. The maximum absolute atomic E-state index is 13.1. The van der Waals surface area contributed by atoms with Gasteiger partial charge in [-0.05, 0) is 26.1 Å². The van der Waals surface area contributed by atoms with Crippen molar-refractivity contribution in [3.63, 3.8) is 0 Å². The van der Waals surface area contributed by atoms with Gasteiger partial charge in [-0.15, -0.1) is 0 Å². The van der Waals surface area contributed by atoms with Crippen LogP contribution in [0.2, 0.25) is 0 Å². The number of carboxylic acids is 1. The van der Waals surface area contributed by atoms with Gasteiger partial charge in [-0.25, -0.2) is 9.59 Å². The molecule has 0 bridgehead atoms. The molecular weight excluding hydrogens is 624 g/mol. The number of rotatable bonds is 10. The predicted molar refractivity (Wildman–Crippen MR) is 150 cm³/mol. The number of carbonyl (C=O) groups excluding carboxylic acids is 3. The summed E-state index contributed by atoms with van der Waals surface area (Å²) < 4.78 is 33.5. The van der Waals surface area contributed by atoms with Gasteiger partial charge in [0.05, 0.1) is 23.8 Å². The third kappa shape index (κ3) is 7.51. The molecule has 3 aliphatic rings. The molecule has 2 saturated heterocycles. The van der Waals surface area contributed by atoms with Gasteiger partial charge >= 0.3 is 17.9 Å². The number of Topliss-reactive ketones (excluding diaryl/α,β-unsaturated/α-hetero) is 1. The van der Waals surface area contributed by atoms with Gasteiger partial charge in [0.1, 0.15) is 54.2 Å². The highest BCUT2D eigenvalue weighted by molar-refractivity contribution is 7.78. The van der Waals surface area contributed by atoms with Gasteiger partial charge in [0, 0.05) is 20.5 Å². The van der Waals surface area contributed by atoms with E-state index in [9.17, 15) is 44.7 Å². The summed E-state index contributed by atoms with van der Waals surface area (Å²) in [6, 6.07) is 0. The number of hydrogen-bond acceptors (Lipinski definition) is 17. The summed E-state index contributed by atoms with van der Waals surface area (Å²) >= 11 is 4.56. The molecule has 2 fully saturated rings.